The van der Waals surface area contributed by atoms with Gasteiger partial charge in [0, 0.05) is 19.0 Å². The van der Waals surface area contributed by atoms with E-state index in [0.717, 1.165) is 25.7 Å². The van der Waals surface area contributed by atoms with Gasteiger partial charge < -0.3 is 15.2 Å². The molecule has 0 aromatic carbocycles. The van der Waals surface area contributed by atoms with Gasteiger partial charge in [-0.05, 0) is 19.3 Å². The highest BCUT2D eigenvalue weighted by atomic mass is 16.5. The number of carbonyl (C=O) groups excluding carboxylic acids is 1. The summed E-state index contributed by atoms with van der Waals surface area (Å²) in [4.78, 5) is 21.8. The Labute approximate surface area is 97.4 Å². The SMILES string of the molecule is O=C([O-])NCCC1CCCCc2noc(=O)n21. The topological polar surface area (TPSA) is 100 Å². The summed E-state index contributed by atoms with van der Waals surface area (Å²) in [6, 6.07) is -0.0434. The van der Waals surface area contributed by atoms with E-state index in [4.69, 9.17) is 0 Å². The van der Waals surface area contributed by atoms with E-state index in [0.29, 0.717) is 12.2 Å². The van der Waals surface area contributed by atoms with Gasteiger partial charge in [-0.15, -0.1) is 0 Å². The van der Waals surface area contributed by atoms with E-state index in [1.165, 1.54) is 0 Å². The average molecular weight is 240 g/mol. The molecule has 7 nitrogen and oxygen atoms in total. The summed E-state index contributed by atoms with van der Waals surface area (Å²) < 4.78 is 6.18. The fourth-order valence-electron chi connectivity index (χ4n) is 2.22. The Morgan fingerprint density at radius 2 is 2.41 bits per heavy atom. The van der Waals surface area contributed by atoms with Gasteiger partial charge in [-0.1, -0.05) is 11.6 Å². The largest absolute Gasteiger partial charge is 0.530 e. The monoisotopic (exact) mass is 240 g/mol. The first-order chi connectivity index (χ1) is 8.18. The number of nitrogens with one attached hydrogen (secondary N) is 1. The maximum Gasteiger partial charge on any atom is 0.441 e. The van der Waals surface area contributed by atoms with Gasteiger partial charge in [0.25, 0.3) is 0 Å². The van der Waals surface area contributed by atoms with E-state index in [1.807, 2.05) is 0 Å². The predicted octanol–water partition coefficient (Wildman–Crippen LogP) is -0.573. The Balaban J connectivity index is 2.08. The van der Waals surface area contributed by atoms with Crippen molar-refractivity contribution in [3.05, 3.63) is 16.4 Å². The summed E-state index contributed by atoms with van der Waals surface area (Å²) in [5.41, 5.74) is 0. The number of carboxylic acid groups (broad SMARTS) is 1. The minimum absolute atomic E-state index is 0.0434. The third-order valence-corrected chi connectivity index (χ3v) is 3.00. The van der Waals surface area contributed by atoms with Crippen LogP contribution in [0.1, 0.15) is 37.5 Å². The number of hydrogen-bond acceptors (Lipinski definition) is 5. The lowest BCUT2D eigenvalue weighted by molar-refractivity contribution is -0.250. The highest BCUT2D eigenvalue weighted by Crippen LogP contribution is 2.23. The average Bonchev–Trinajstić information content (AvgIpc) is 2.52. The first-order valence-electron chi connectivity index (χ1n) is 5.70. The Bertz CT molecular complexity index is 451. The minimum Gasteiger partial charge on any atom is -0.530 e. The number of rotatable bonds is 3. The lowest BCUT2D eigenvalue weighted by Crippen LogP contribution is -2.38. The highest BCUT2D eigenvalue weighted by molar-refractivity contribution is 5.61. The molecule has 1 amide bonds. The van der Waals surface area contributed by atoms with Crippen molar-refractivity contribution in [2.24, 2.45) is 0 Å². The van der Waals surface area contributed by atoms with Gasteiger partial charge in [-0.2, -0.15) is 0 Å². The van der Waals surface area contributed by atoms with Gasteiger partial charge in [0.15, 0.2) is 5.82 Å². The second-order valence-electron chi connectivity index (χ2n) is 4.14. The van der Waals surface area contributed by atoms with E-state index < -0.39 is 11.8 Å². The smallest absolute Gasteiger partial charge is 0.441 e. The van der Waals surface area contributed by atoms with Crippen LogP contribution in [0.15, 0.2) is 9.32 Å². The van der Waals surface area contributed by atoms with Crippen LogP contribution in [0.3, 0.4) is 0 Å². The van der Waals surface area contributed by atoms with Gasteiger partial charge in [0.1, 0.15) is 6.09 Å². The first kappa shape index (κ1) is 11.7. The fourth-order valence-corrected chi connectivity index (χ4v) is 2.22. The predicted molar refractivity (Wildman–Crippen MR) is 55.4 cm³/mol. The number of amides is 1. The van der Waals surface area contributed by atoms with Crippen LogP contribution in [0.2, 0.25) is 0 Å². The first-order valence-corrected chi connectivity index (χ1v) is 5.70. The third kappa shape index (κ3) is 2.66. The number of aryl methyl sites for hydroxylation is 1. The van der Waals surface area contributed by atoms with E-state index in [9.17, 15) is 14.7 Å². The van der Waals surface area contributed by atoms with Gasteiger partial charge in [0.2, 0.25) is 0 Å². The molecule has 2 rings (SSSR count). The fraction of sp³-hybridized carbons (Fsp3) is 0.700. The zero-order valence-electron chi connectivity index (χ0n) is 9.35. The molecule has 17 heavy (non-hydrogen) atoms. The summed E-state index contributed by atoms with van der Waals surface area (Å²) in [5, 5.41) is 16.2. The van der Waals surface area contributed by atoms with Crippen LogP contribution in [-0.4, -0.2) is 22.4 Å². The number of hydrogen-bond donors (Lipinski definition) is 1. The van der Waals surface area contributed by atoms with E-state index >= 15 is 0 Å². The molecule has 0 saturated carbocycles. The van der Waals surface area contributed by atoms with Crippen LogP contribution < -0.4 is 16.2 Å². The Morgan fingerprint density at radius 3 is 3.18 bits per heavy atom. The quantitative estimate of drug-likeness (QED) is 0.762. The van der Waals surface area contributed by atoms with Gasteiger partial charge in [0.05, 0.1) is 0 Å². The summed E-state index contributed by atoms with van der Waals surface area (Å²) in [5.74, 6) is 0.200. The van der Waals surface area contributed by atoms with Crippen molar-refractivity contribution in [1.82, 2.24) is 15.0 Å². The molecule has 0 radical (unpaired) electrons. The van der Waals surface area contributed by atoms with Crippen LogP contribution in [0.4, 0.5) is 4.79 Å². The molecule has 1 atom stereocenters. The van der Waals surface area contributed by atoms with Crippen LogP contribution in [-0.2, 0) is 6.42 Å². The second-order valence-corrected chi connectivity index (χ2v) is 4.14. The number of nitrogens with zero attached hydrogens (tertiary/aromatic N) is 2. The molecule has 1 aliphatic heterocycles. The molecule has 2 heterocycles. The Hall–Kier alpha value is -1.79. The maximum atomic E-state index is 11.5. The van der Waals surface area contributed by atoms with Crippen LogP contribution in [0, 0.1) is 0 Å². The number of aromatic nitrogens is 2. The lowest BCUT2D eigenvalue weighted by Gasteiger charge is -2.16. The molecule has 0 spiro atoms. The molecule has 0 aliphatic carbocycles. The molecule has 0 fully saturated rings. The van der Waals surface area contributed by atoms with Crippen molar-refractivity contribution in [1.29, 1.82) is 0 Å². The standard InChI is InChI=1S/C10H15N3O4/c14-9(15)11-6-5-7-3-1-2-4-8-12-17-10(16)13(7)8/h7,11H,1-6H2,(H,14,15)/p-1. The van der Waals surface area contributed by atoms with Gasteiger partial charge in [-0.25, -0.2) is 4.79 Å². The van der Waals surface area contributed by atoms with Gasteiger partial charge >= 0.3 is 5.76 Å². The van der Waals surface area contributed by atoms with Crippen LogP contribution in [0.25, 0.3) is 0 Å². The van der Waals surface area contributed by atoms with Crippen LogP contribution >= 0.6 is 0 Å². The number of fused-ring (bicyclic) bond motifs is 1. The Morgan fingerprint density at radius 1 is 1.59 bits per heavy atom. The van der Waals surface area contributed by atoms with E-state index in [2.05, 4.69) is 15.0 Å². The molecule has 1 N–H and O–H groups in total. The molecule has 0 bridgehead atoms. The van der Waals surface area contributed by atoms with E-state index in [-0.39, 0.29) is 12.6 Å². The summed E-state index contributed by atoms with van der Waals surface area (Å²) in [6.45, 7) is 0.268. The zero-order valence-corrected chi connectivity index (χ0v) is 9.35. The summed E-state index contributed by atoms with van der Waals surface area (Å²) in [7, 11) is 0. The molecule has 1 aliphatic rings. The van der Waals surface area contributed by atoms with E-state index in [1.54, 1.807) is 4.57 Å². The molecular weight excluding hydrogens is 226 g/mol. The van der Waals surface area contributed by atoms with Crippen molar-refractivity contribution in [2.45, 2.75) is 38.1 Å². The molecule has 7 heteroatoms. The normalized spacial score (nSPS) is 19.4. The van der Waals surface area contributed by atoms with Crippen molar-refractivity contribution in [3.8, 4) is 0 Å². The second kappa shape index (κ2) is 5.03. The van der Waals surface area contributed by atoms with Crippen LogP contribution in [0.5, 0.6) is 0 Å². The van der Waals surface area contributed by atoms with Crippen molar-refractivity contribution < 1.29 is 14.4 Å². The number of carbonyl (C=O) groups is 1. The minimum atomic E-state index is -1.29. The molecule has 1 aromatic rings. The van der Waals surface area contributed by atoms with Crippen molar-refractivity contribution in [2.75, 3.05) is 6.54 Å². The lowest BCUT2D eigenvalue weighted by atomic mass is 10.1. The van der Waals surface area contributed by atoms with Crippen molar-refractivity contribution in [3.63, 3.8) is 0 Å². The Kier molecular flexibility index (Phi) is 3.46. The van der Waals surface area contributed by atoms with Gasteiger partial charge in [-0.3, -0.25) is 9.09 Å². The molecular formula is C10H14N3O4-. The maximum absolute atomic E-state index is 11.5. The zero-order chi connectivity index (χ0) is 12.3. The molecule has 1 unspecified atom stereocenters. The molecule has 0 saturated heterocycles. The molecule has 1 aromatic heterocycles. The van der Waals surface area contributed by atoms with Crippen molar-refractivity contribution >= 4 is 6.09 Å². The summed E-state index contributed by atoms with van der Waals surface area (Å²) >= 11 is 0. The highest BCUT2D eigenvalue weighted by Gasteiger charge is 2.22. The summed E-state index contributed by atoms with van der Waals surface area (Å²) in [6.07, 6.45) is 2.78. The molecule has 94 valence electrons. The third-order valence-electron chi connectivity index (χ3n) is 3.00.